The third-order valence-electron chi connectivity index (χ3n) is 4.49. The van der Waals surface area contributed by atoms with Crippen molar-refractivity contribution in [2.24, 2.45) is 11.5 Å². The molecule has 4 atom stereocenters. The number of nitrogens with one attached hydrogen (secondary N) is 2. The number of hydrogen-bond donors (Lipinski definition) is 6. The summed E-state index contributed by atoms with van der Waals surface area (Å²) in [5.41, 5.74) is 16.0. The average molecular weight is 459 g/mol. The Morgan fingerprint density at radius 1 is 1.45 bits per heavy atom. The van der Waals surface area contributed by atoms with Gasteiger partial charge in [0.05, 0.1) is 6.04 Å². The number of aromatic nitrogens is 2. The van der Waals surface area contributed by atoms with E-state index < -0.39 is 42.0 Å². The highest BCUT2D eigenvalue weighted by atomic mass is 35.5. The van der Waals surface area contributed by atoms with Gasteiger partial charge in [-0.3, -0.25) is 14.8 Å². The number of carbonyl (C=O) groups excluding carboxylic acids is 1. The van der Waals surface area contributed by atoms with Gasteiger partial charge in [-0.1, -0.05) is 6.08 Å². The molecule has 172 valence electrons. The van der Waals surface area contributed by atoms with Gasteiger partial charge in [0.1, 0.15) is 5.82 Å². The van der Waals surface area contributed by atoms with Crippen LogP contribution < -0.4 is 28.2 Å². The lowest BCUT2D eigenvalue weighted by atomic mass is 10.1. The van der Waals surface area contributed by atoms with Gasteiger partial charge in [0.15, 0.2) is 18.3 Å². The van der Waals surface area contributed by atoms with Crippen molar-refractivity contribution < 1.29 is 19.4 Å². The summed E-state index contributed by atoms with van der Waals surface area (Å²) in [6, 6.07) is -0.0702. The van der Waals surface area contributed by atoms with E-state index in [1.165, 1.54) is 29.3 Å². The van der Waals surface area contributed by atoms with Crippen molar-refractivity contribution in [3.63, 3.8) is 0 Å². The fourth-order valence-electron chi connectivity index (χ4n) is 2.77. The van der Waals surface area contributed by atoms with E-state index in [1.807, 2.05) is 0 Å². The maximum Gasteiger partial charge on any atom is 0.351 e. The molecule has 0 fully saturated rings. The number of nitrogens with zero attached hydrogens (tertiary/aromatic N) is 3. The minimum absolute atomic E-state index is 0. The van der Waals surface area contributed by atoms with E-state index in [-0.39, 0.29) is 30.6 Å². The fourth-order valence-corrected chi connectivity index (χ4v) is 2.77. The summed E-state index contributed by atoms with van der Waals surface area (Å²) >= 11 is 0. The summed E-state index contributed by atoms with van der Waals surface area (Å²) in [4.78, 5) is 40.9. The fraction of sp³-hybridized carbons (Fsp3) is 0.471. The molecule has 0 bridgehead atoms. The largest absolute Gasteiger partial charge is 0.479 e. The predicted molar refractivity (Wildman–Crippen MR) is 115 cm³/mol. The van der Waals surface area contributed by atoms with Crippen LogP contribution in [0.4, 0.5) is 5.82 Å². The van der Waals surface area contributed by atoms with E-state index in [0.29, 0.717) is 13.0 Å². The van der Waals surface area contributed by atoms with Gasteiger partial charge in [-0.25, -0.2) is 9.59 Å². The molecular formula is C17H27ClN8O5. The first-order valence-electron chi connectivity index (χ1n) is 9.10. The van der Waals surface area contributed by atoms with Crippen LogP contribution in [-0.2, 0) is 14.3 Å². The van der Waals surface area contributed by atoms with Crippen molar-refractivity contribution in [2.75, 3.05) is 19.3 Å². The lowest BCUT2D eigenvalue weighted by molar-refractivity contribution is -0.159. The second-order valence-corrected chi connectivity index (χ2v) is 6.87. The summed E-state index contributed by atoms with van der Waals surface area (Å²) in [6.45, 7) is 0.403. The minimum atomic E-state index is -1.42. The van der Waals surface area contributed by atoms with Gasteiger partial charge in [-0.05, 0) is 18.6 Å². The molecule has 0 spiro atoms. The van der Waals surface area contributed by atoms with Gasteiger partial charge in [0.2, 0.25) is 5.91 Å². The molecule has 1 aromatic heterocycles. The Morgan fingerprint density at radius 3 is 2.71 bits per heavy atom. The van der Waals surface area contributed by atoms with Crippen LogP contribution in [0.25, 0.3) is 0 Å². The first kappa shape index (κ1) is 25.9. The highest BCUT2D eigenvalue weighted by Gasteiger charge is 2.35. The lowest BCUT2D eigenvalue weighted by Gasteiger charge is -2.31. The molecule has 0 radical (unpaired) electrons. The van der Waals surface area contributed by atoms with Crippen molar-refractivity contribution in [3.8, 4) is 0 Å². The SMILES string of the molecule is CN(CC[C@@H](N)CC(=O)N[C@@H]1C=C[C@H](n2ccc(N)nc2=O)O[C@@H]1C(=O)O)C(=N)N.Cl. The molecule has 1 aliphatic heterocycles. The van der Waals surface area contributed by atoms with Crippen molar-refractivity contribution in [3.05, 3.63) is 34.9 Å². The van der Waals surface area contributed by atoms with Gasteiger partial charge in [0, 0.05) is 32.3 Å². The number of amides is 1. The Labute approximate surface area is 184 Å². The maximum absolute atomic E-state index is 12.3. The van der Waals surface area contributed by atoms with Crippen molar-refractivity contribution in [2.45, 2.75) is 37.3 Å². The number of rotatable bonds is 8. The number of carboxylic acid groups (broad SMARTS) is 1. The number of ether oxygens (including phenoxy) is 1. The molecule has 0 saturated heterocycles. The average Bonchev–Trinajstić information content (AvgIpc) is 2.66. The summed E-state index contributed by atoms with van der Waals surface area (Å²) in [5.74, 6) is -1.84. The van der Waals surface area contributed by atoms with Crippen molar-refractivity contribution >= 4 is 36.1 Å². The zero-order chi connectivity index (χ0) is 22.4. The van der Waals surface area contributed by atoms with Crippen LogP contribution >= 0.6 is 12.4 Å². The van der Waals surface area contributed by atoms with Crippen LogP contribution in [0.1, 0.15) is 19.1 Å². The van der Waals surface area contributed by atoms with Gasteiger partial charge >= 0.3 is 11.7 Å². The monoisotopic (exact) mass is 458 g/mol. The maximum atomic E-state index is 12.3. The highest BCUT2D eigenvalue weighted by molar-refractivity contribution is 5.85. The number of guanidine groups is 1. The lowest BCUT2D eigenvalue weighted by Crippen LogP contribution is -2.51. The summed E-state index contributed by atoms with van der Waals surface area (Å²) in [7, 11) is 1.63. The van der Waals surface area contributed by atoms with Crippen LogP contribution in [0.5, 0.6) is 0 Å². The molecule has 1 aliphatic rings. The van der Waals surface area contributed by atoms with E-state index in [9.17, 15) is 19.5 Å². The van der Waals surface area contributed by atoms with E-state index in [0.717, 1.165) is 4.57 Å². The number of nitrogens with two attached hydrogens (primary N) is 3. The highest BCUT2D eigenvalue weighted by Crippen LogP contribution is 2.20. The number of anilines is 1. The Hall–Kier alpha value is -3.16. The second kappa shape index (κ2) is 11.3. The third kappa shape index (κ3) is 7.24. The Morgan fingerprint density at radius 2 is 2.13 bits per heavy atom. The molecular weight excluding hydrogens is 432 g/mol. The Kier molecular flexibility index (Phi) is 9.42. The van der Waals surface area contributed by atoms with Crippen LogP contribution in [-0.4, -0.2) is 69.2 Å². The molecule has 2 heterocycles. The van der Waals surface area contributed by atoms with Gasteiger partial charge < -0.3 is 37.3 Å². The topological polar surface area (TPSA) is 216 Å². The molecule has 31 heavy (non-hydrogen) atoms. The van der Waals surface area contributed by atoms with E-state index >= 15 is 0 Å². The molecule has 0 aliphatic carbocycles. The van der Waals surface area contributed by atoms with E-state index in [1.54, 1.807) is 7.05 Å². The standard InChI is InChI=1S/C17H26N8O5.ClH/c1-24(16(20)21)6-4-9(18)8-12(26)22-10-2-3-13(30-14(10)15(27)28)25-7-5-11(19)23-17(25)29;/h2-3,5,7,9-10,13-14H,4,6,8,18H2,1H3,(H3,20,21)(H,22,26)(H,27,28)(H2,19,23,29);1H/t9-,10-,13-,14+;/m1./s1. The molecule has 2 rings (SSSR count). The number of aliphatic carboxylic acids is 1. The zero-order valence-corrected chi connectivity index (χ0v) is 17.6. The van der Waals surface area contributed by atoms with Crippen LogP contribution in [0.15, 0.2) is 29.2 Å². The Bertz CT molecular complexity index is 892. The number of halogens is 1. The molecule has 0 unspecified atom stereocenters. The smallest absolute Gasteiger partial charge is 0.351 e. The quantitative estimate of drug-likeness (QED) is 0.146. The summed E-state index contributed by atoms with van der Waals surface area (Å²) < 4.78 is 6.57. The summed E-state index contributed by atoms with van der Waals surface area (Å²) in [5, 5.41) is 19.4. The van der Waals surface area contributed by atoms with Crippen molar-refractivity contribution in [1.82, 2.24) is 19.8 Å². The predicted octanol–water partition coefficient (Wildman–Crippen LogP) is -1.80. The van der Waals surface area contributed by atoms with Crippen LogP contribution in [0.3, 0.4) is 0 Å². The van der Waals surface area contributed by atoms with Gasteiger partial charge in [-0.2, -0.15) is 4.98 Å². The number of carbonyl (C=O) groups is 2. The molecule has 9 N–H and O–H groups in total. The van der Waals surface area contributed by atoms with Crippen LogP contribution in [0.2, 0.25) is 0 Å². The first-order valence-corrected chi connectivity index (χ1v) is 9.10. The first-order chi connectivity index (χ1) is 14.1. The molecule has 1 amide bonds. The number of nitrogen functional groups attached to an aromatic ring is 1. The number of carboxylic acids is 1. The normalized spacial score (nSPS) is 20.9. The van der Waals surface area contributed by atoms with Crippen LogP contribution in [0, 0.1) is 5.41 Å². The third-order valence-corrected chi connectivity index (χ3v) is 4.49. The second-order valence-electron chi connectivity index (χ2n) is 6.87. The zero-order valence-electron chi connectivity index (χ0n) is 16.8. The molecule has 1 aromatic rings. The molecule has 0 aromatic carbocycles. The van der Waals surface area contributed by atoms with E-state index in [2.05, 4.69) is 10.3 Å². The van der Waals surface area contributed by atoms with Crippen molar-refractivity contribution in [1.29, 1.82) is 5.41 Å². The van der Waals surface area contributed by atoms with Gasteiger partial charge in [-0.15, -0.1) is 12.4 Å². The van der Waals surface area contributed by atoms with E-state index in [4.69, 9.17) is 27.3 Å². The Balaban J connectivity index is 0.00000480. The molecule has 13 nitrogen and oxygen atoms in total. The van der Waals surface area contributed by atoms with Gasteiger partial charge in [0.25, 0.3) is 0 Å². The summed E-state index contributed by atoms with van der Waals surface area (Å²) in [6.07, 6.45) is 2.17. The minimum Gasteiger partial charge on any atom is -0.479 e. The molecule has 0 saturated carbocycles. The number of hydrogen-bond acceptors (Lipinski definition) is 8. The molecule has 14 heteroatoms.